The van der Waals surface area contributed by atoms with E-state index in [-0.39, 0.29) is 0 Å². The van der Waals surface area contributed by atoms with Crippen LogP contribution in [0.15, 0.2) is 0 Å². The molecule has 0 bridgehead atoms. The Morgan fingerprint density at radius 2 is 0.778 bits per heavy atom. The molecule has 0 aromatic carbocycles. The molecular formula is C23H48O3S. The molecule has 0 fully saturated rings. The maximum absolute atomic E-state index is 11.6. The molecule has 3 nitrogen and oxygen atoms in total. The van der Waals surface area contributed by atoms with Crippen molar-refractivity contribution in [2.75, 3.05) is 0 Å². The van der Waals surface area contributed by atoms with E-state index in [4.69, 9.17) is 0 Å². The molecule has 0 rings (SSSR count). The summed E-state index contributed by atoms with van der Waals surface area (Å²) in [5, 5.41) is -0.536. The minimum Gasteiger partial charge on any atom is -0.285 e. The Hall–Kier alpha value is -0.0900. The zero-order valence-electron chi connectivity index (χ0n) is 18.4. The van der Waals surface area contributed by atoms with E-state index in [0.29, 0.717) is 12.8 Å². The number of unbranched alkanes of at least 4 members (excludes halogenated alkanes) is 16. The van der Waals surface area contributed by atoms with Gasteiger partial charge in [0.15, 0.2) is 0 Å². The third-order valence-corrected chi connectivity index (χ3v) is 6.99. The molecular weight excluding hydrogens is 356 g/mol. The molecule has 27 heavy (non-hydrogen) atoms. The van der Waals surface area contributed by atoms with Crippen LogP contribution in [0, 0.1) is 0 Å². The molecule has 0 aromatic heterocycles. The van der Waals surface area contributed by atoms with Gasteiger partial charge in [0, 0.05) is 0 Å². The van der Waals surface area contributed by atoms with Crippen LogP contribution in [-0.2, 0) is 10.1 Å². The lowest BCUT2D eigenvalue weighted by Crippen LogP contribution is -2.20. The SMILES string of the molecule is CCCCCCCCCCCC(CCCCCCCCCCC)S(=O)(=O)O. The Balaban J connectivity index is 3.67. The minimum atomic E-state index is -3.88. The molecule has 1 N–H and O–H groups in total. The average molecular weight is 405 g/mol. The summed E-state index contributed by atoms with van der Waals surface area (Å²) in [5.41, 5.74) is 0. The molecule has 0 aliphatic rings. The van der Waals surface area contributed by atoms with E-state index >= 15 is 0 Å². The number of rotatable bonds is 21. The second kappa shape index (κ2) is 19.2. The first-order chi connectivity index (χ1) is 13.0. The summed E-state index contributed by atoms with van der Waals surface area (Å²) in [6.07, 6.45) is 23.5. The van der Waals surface area contributed by atoms with E-state index in [9.17, 15) is 13.0 Å². The summed E-state index contributed by atoms with van der Waals surface area (Å²) in [6, 6.07) is 0. The highest BCUT2D eigenvalue weighted by Crippen LogP contribution is 2.19. The molecule has 0 aliphatic heterocycles. The fourth-order valence-corrected chi connectivity index (χ4v) is 4.74. The van der Waals surface area contributed by atoms with Crippen molar-refractivity contribution >= 4 is 10.1 Å². The zero-order valence-corrected chi connectivity index (χ0v) is 19.2. The van der Waals surface area contributed by atoms with E-state index in [1.54, 1.807) is 0 Å². The lowest BCUT2D eigenvalue weighted by Gasteiger charge is -2.13. The monoisotopic (exact) mass is 404 g/mol. The Morgan fingerprint density at radius 1 is 0.519 bits per heavy atom. The van der Waals surface area contributed by atoms with Crippen molar-refractivity contribution in [2.24, 2.45) is 0 Å². The fourth-order valence-electron chi connectivity index (χ4n) is 3.81. The standard InChI is InChI=1S/C23H48O3S/c1-3-5-7-9-11-13-15-17-19-21-23(27(24,25)26)22-20-18-16-14-12-10-8-6-4-2/h23H,3-22H2,1-2H3,(H,24,25,26). The molecule has 0 saturated heterocycles. The van der Waals surface area contributed by atoms with Crippen LogP contribution in [-0.4, -0.2) is 18.2 Å². The normalized spacial score (nSPS) is 12.1. The molecule has 0 heterocycles. The quantitative estimate of drug-likeness (QED) is 0.155. The van der Waals surface area contributed by atoms with Gasteiger partial charge in [-0.3, -0.25) is 4.55 Å². The van der Waals surface area contributed by atoms with Gasteiger partial charge in [-0.15, -0.1) is 0 Å². The molecule has 0 spiro atoms. The lowest BCUT2D eigenvalue weighted by atomic mass is 10.0. The van der Waals surface area contributed by atoms with Gasteiger partial charge in [-0.2, -0.15) is 8.42 Å². The second-order valence-electron chi connectivity index (χ2n) is 8.37. The lowest BCUT2D eigenvalue weighted by molar-refractivity contribution is 0.442. The van der Waals surface area contributed by atoms with Crippen LogP contribution in [0.1, 0.15) is 142 Å². The Morgan fingerprint density at radius 3 is 1.04 bits per heavy atom. The second-order valence-corrected chi connectivity index (χ2v) is 10.1. The predicted octanol–water partition coefficient (Wildman–Crippen LogP) is 8.08. The van der Waals surface area contributed by atoms with Crippen LogP contribution in [0.4, 0.5) is 0 Å². The van der Waals surface area contributed by atoms with Gasteiger partial charge in [-0.1, -0.05) is 129 Å². The van der Waals surface area contributed by atoms with E-state index < -0.39 is 15.4 Å². The average Bonchev–Trinajstić information content (AvgIpc) is 2.62. The van der Waals surface area contributed by atoms with Crippen LogP contribution in [0.2, 0.25) is 0 Å². The summed E-state index contributed by atoms with van der Waals surface area (Å²) in [6.45, 7) is 4.47. The summed E-state index contributed by atoms with van der Waals surface area (Å²) >= 11 is 0. The van der Waals surface area contributed by atoms with E-state index in [1.807, 2.05) is 0 Å². The van der Waals surface area contributed by atoms with Crippen LogP contribution >= 0.6 is 0 Å². The largest absolute Gasteiger partial charge is 0.285 e. The minimum absolute atomic E-state index is 0.536. The molecule has 0 radical (unpaired) electrons. The van der Waals surface area contributed by atoms with Gasteiger partial charge >= 0.3 is 0 Å². The van der Waals surface area contributed by atoms with Crippen LogP contribution < -0.4 is 0 Å². The van der Waals surface area contributed by atoms with Crippen molar-refractivity contribution < 1.29 is 13.0 Å². The molecule has 0 aromatic rings. The maximum atomic E-state index is 11.6. The first-order valence-electron chi connectivity index (χ1n) is 12.0. The zero-order chi connectivity index (χ0) is 20.2. The molecule has 4 heteroatoms. The van der Waals surface area contributed by atoms with E-state index in [1.165, 1.54) is 89.9 Å². The fraction of sp³-hybridized carbons (Fsp3) is 1.00. The molecule has 0 aliphatic carbocycles. The van der Waals surface area contributed by atoms with Gasteiger partial charge < -0.3 is 0 Å². The van der Waals surface area contributed by atoms with Crippen molar-refractivity contribution in [3.8, 4) is 0 Å². The maximum Gasteiger partial charge on any atom is 0.267 e. The molecule has 0 amide bonds. The number of hydrogen-bond acceptors (Lipinski definition) is 2. The van der Waals surface area contributed by atoms with Gasteiger partial charge in [0.25, 0.3) is 10.1 Å². The topological polar surface area (TPSA) is 54.4 Å². The highest BCUT2D eigenvalue weighted by molar-refractivity contribution is 7.86. The summed E-state index contributed by atoms with van der Waals surface area (Å²) in [7, 11) is -3.88. The third kappa shape index (κ3) is 19.0. The van der Waals surface area contributed by atoms with E-state index in [2.05, 4.69) is 13.8 Å². The third-order valence-electron chi connectivity index (χ3n) is 5.68. The summed E-state index contributed by atoms with van der Waals surface area (Å²) in [4.78, 5) is 0. The van der Waals surface area contributed by atoms with Gasteiger partial charge in [-0.05, 0) is 12.8 Å². The first-order valence-corrected chi connectivity index (χ1v) is 13.5. The highest BCUT2D eigenvalue weighted by Gasteiger charge is 2.21. The van der Waals surface area contributed by atoms with Gasteiger partial charge in [-0.25, -0.2) is 0 Å². The Kier molecular flexibility index (Phi) is 19.2. The van der Waals surface area contributed by atoms with Gasteiger partial charge in [0.2, 0.25) is 0 Å². The molecule has 0 saturated carbocycles. The predicted molar refractivity (Wildman–Crippen MR) is 119 cm³/mol. The Bertz CT molecular complexity index is 370. The van der Waals surface area contributed by atoms with Crippen LogP contribution in [0.3, 0.4) is 0 Å². The number of hydrogen-bond donors (Lipinski definition) is 1. The molecule has 164 valence electrons. The van der Waals surface area contributed by atoms with E-state index in [0.717, 1.165) is 25.7 Å². The Labute approximate surface area is 170 Å². The van der Waals surface area contributed by atoms with Gasteiger partial charge in [0.05, 0.1) is 5.25 Å². The van der Waals surface area contributed by atoms with Crippen LogP contribution in [0.5, 0.6) is 0 Å². The molecule has 0 unspecified atom stereocenters. The van der Waals surface area contributed by atoms with Crippen molar-refractivity contribution in [1.29, 1.82) is 0 Å². The van der Waals surface area contributed by atoms with Crippen molar-refractivity contribution in [2.45, 2.75) is 148 Å². The van der Waals surface area contributed by atoms with Crippen molar-refractivity contribution in [3.05, 3.63) is 0 Å². The van der Waals surface area contributed by atoms with Crippen molar-refractivity contribution in [3.63, 3.8) is 0 Å². The summed E-state index contributed by atoms with van der Waals surface area (Å²) < 4.78 is 32.7. The first kappa shape index (κ1) is 26.9. The van der Waals surface area contributed by atoms with Crippen molar-refractivity contribution in [1.82, 2.24) is 0 Å². The van der Waals surface area contributed by atoms with Gasteiger partial charge in [0.1, 0.15) is 0 Å². The van der Waals surface area contributed by atoms with Crippen LogP contribution in [0.25, 0.3) is 0 Å². The highest BCUT2D eigenvalue weighted by atomic mass is 32.2. The summed E-state index contributed by atoms with van der Waals surface area (Å²) in [5.74, 6) is 0. The smallest absolute Gasteiger partial charge is 0.267 e. The molecule has 0 atom stereocenters.